The second-order valence-corrected chi connectivity index (χ2v) is 4.00. The van der Waals surface area contributed by atoms with Crippen LogP contribution < -0.4 is 15.2 Å². The van der Waals surface area contributed by atoms with Crippen LogP contribution in [0.25, 0.3) is 0 Å². The zero-order valence-corrected chi connectivity index (χ0v) is 9.76. The Kier molecular flexibility index (Phi) is 3.57. The molecular formula is C12H15NO5. The van der Waals surface area contributed by atoms with Gasteiger partial charge >= 0.3 is 5.97 Å². The first-order valence-corrected chi connectivity index (χ1v) is 5.69. The average molecular weight is 253 g/mol. The van der Waals surface area contributed by atoms with Gasteiger partial charge in [0.1, 0.15) is 11.7 Å². The van der Waals surface area contributed by atoms with E-state index in [9.17, 15) is 9.90 Å². The van der Waals surface area contributed by atoms with Gasteiger partial charge in [-0.25, -0.2) is 0 Å². The van der Waals surface area contributed by atoms with Gasteiger partial charge in [-0.15, -0.1) is 0 Å². The molecule has 0 aromatic heterocycles. The smallest absolute Gasteiger partial charge is 0.312 e. The Bertz CT molecular complexity index is 460. The highest BCUT2D eigenvalue weighted by atomic mass is 16.5. The zero-order chi connectivity index (χ0) is 13.1. The molecule has 2 rings (SSSR count). The molecule has 1 atom stereocenters. The fourth-order valence-corrected chi connectivity index (χ4v) is 1.93. The van der Waals surface area contributed by atoms with Crippen LogP contribution in [0.3, 0.4) is 0 Å². The SMILES string of the molecule is NCC(C(=O)O)c1c(O)ccc2c1OCCCO2. The highest BCUT2D eigenvalue weighted by Gasteiger charge is 2.29. The minimum absolute atomic E-state index is 0.122. The molecule has 1 heterocycles. The number of aromatic hydroxyl groups is 1. The molecule has 0 saturated heterocycles. The lowest BCUT2D eigenvalue weighted by molar-refractivity contribution is -0.138. The fraction of sp³-hybridized carbons (Fsp3) is 0.417. The van der Waals surface area contributed by atoms with Crippen molar-refractivity contribution in [2.75, 3.05) is 19.8 Å². The number of phenols is 1. The summed E-state index contributed by atoms with van der Waals surface area (Å²) in [6.45, 7) is 0.792. The van der Waals surface area contributed by atoms with E-state index >= 15 is 0 Å². The van der Waals surface area contributed by atoms with E-state index in [0.717, 1.165) is 0 Å². The number of carboxylic acids is 1. The Morgan fingerprint density at radius 2 is 2.11 bits per heavy atom. The van der Waals surface area contributed by atoms with E-state index < -0.39 is 11.9 Å². The van der Waals surface area contributed by atoms with Crippen LogP contribution in [0, 0.1) is 0 Å². The lowest BCUT2D eigenvalue weighted by Crippen LogP contribution is -2.22. The number of carbonyl (C=O) groups is 1. The summed E-state index contributed by atoms with van der Waals surface area (Å²) in [5, 5.41) is 19.0. The van der Waals surface area contributed by atoms with Gasteiger partial charge in [0.15, 0.2) is 11.5 Å². The molecule has 1 aromatic rings. The van der Waals surface area contributed by atoms with Crippen LogP contribution in [0.1, 0.15) is 17.9 Å². The number of fused-ring (bicyclic) bond motifs is 1. The molecular weight excluding hydrogens is 238 g/mol. The van der Waals surface area contributed by atoms with Crippen molar-refractivity contribution in [3.63, 3.8) is 0 Å². The molecule has 4 N–H and O–H groups in total. The first-order chi connectivity index (χ1) is 8.65. The van der Waals surface area contributed by atoms with Gasteiger partial charge < -0.3 is 25.4 Å². The number of rotatable bonds is 3. The molecule has 0 saturated carbocycles. The Morgan fingerprint density at radius 3 is 2.78 bits per heavy atom. The van der Waals surface area contributed by atoms with Crippen LogP contribution >= 0.6 is 0 Å². The largest absolute Gasteiger partial charge is 0.507 e. The van der Waals surface area contributed by atoms with Crippen molar-refractivity contribution in [2.24, 2.45) is 5.73 Å². The molecule has 0 spiro atoms. The molecule has 0 fully saturated rings. The van der Waals surface area contributed by atoms with Crippen molar-refractivity contribution in [1.82, 2.24) is 0 Å². The standard InChI is InChI=1S/C12H15NO5/c13-6-7(12(15)16)10-8(14)2-3-9-11(10)18-5-1-4-17-9/h2-3,7,14H,1,4-6,13H2,(H,15,16). The summed E-state index contributed by atoms with van der Waals surface area (Å²) >= 11 is 0. The number of hydrogen-bond acceptors (Lipinski definition) is 5. The summed E-state index contributed by atoms with van der Waals surface area (Å²) in [6.07, 6.45) is 0.704. The van der Waals surface area contributed by atoms with Crippen LogP contribution in [-0.2, 0) is 4.79 Å². The number of ether oxygens (including phenoxy) is 2. The molecule has 6 heteroatoms. The summed E-state index contributed by atoms with van der Waals surface area (Å²) in [6, 6.07) is 2.96. The monoisotopic (exact) mass is 253 g/mol. The Labute approximate surface area is 104 Å². The van der Waals surface area contributed by atoms with Gasteiger partial charge in [-0.3, -0.25) is 4.79 Å². The molecule has 1 aliphatic rings. The summed E-state index contributed by atoms with van der Waals surface area (Å²) in [7, 11) is 0. The van der Waals surface area contributed by atoms with Gasteiger partial charge in [-0.2, -0.15) is 0 Å². The third-order valence-electron chi connectivity index (χ3n) is 2.81. The topological polar surface area (TPSA) is 102 Å². The zero-order valence-electron chi connectivity index (χ0n) is 9.76. The second-order valence-electron chi connectivity index (χ2n) is 4.00. The van der Waals surface area contributed by atoms with Crippen molar-refractivity contribution in [1.29, 1.82) is 0 Å². The Morgan fingerprint density at radius 1 is 1.39 bits per heavy atom. The van der Waals surface area contributed by atoms with Gasteiger partial charge in [-0.1, -0.05) is 0 Å². The van der Waals surface area contributed by atoms with Gasteiger partial charge in [0.05, 0.1) is 18.8 Å². The minimum Gasteiger partial charge on any atom is -0.507 e. The second kappa shape index (κ2) is 5.14. The van der Waals surface area contributed by atoms with Crippen molar-refractivity contribution < 1.29 is 24.5 Å². The molecule has 0 radical (unpaired) electrons. The molecule has 0 bridgehead atoms. The van der Waals surface area contributed by atoms with Gasteiger partial charge in [0, 0.05) is 13.0 Å². The van der Waals surface area contributed by atoms with Crippen LogP contribution in [0.15, 0.2) is 12.1 Å². The molecule has 1 aliphatic heterocycles. The van der Waals surface area contributed by atoms with E-state index in [-0.39, 0.29) is 23.6 Å². The maximum Gasteiger partial charge on any atom is 0.312 e. The molecule has 1 unspecified atom stereocenters. The van der Waals surface area contributed by atoms with E-state index in [1.807, 2.05) is 0 Å². The minimum atomic E-state index is -1.10. The maximum absolute atomic E-state index is 11.2. The predicted molar refractivity (Wildman–Crippen MR) is 63.1 cm³/mol. The summed E-state index contributed by atoms with van der Waals surface area (Å²) in [5.41, 5.74) is 5.64. The van der Waals surface area contributed by atoms with E-state index in [0.29, 0.717) is 25.4 Å². The molecule has 98 valence electrons. The lowest BCUT2D eigenvalue weighted by atomic mass is 9.96. The van der Waals surface area contributed by atoms with Gasteiger partial charge in [-0.05, 0) is 12.1 Å². The maximum atomic E-state index is 11.2. The summed E-state index contributed by atoms with van der Waals surface area (Å²) < 4.78 is 10.9. The highest BCUT2D eigenvalue weighted by molar-refractivity contribution is 5.79. The number of phenolic OH excluding ortho intramolecular Hbond substituents is 1. The predicted octanol–water partition coefficient (Wildman–Crippen LogP) is 0.680. The van der Waals surface area contributed by atoms with E-state index in [4.69, 9.17) is 20.3 Å². The van der Waals surface area contributed by atoms with Crippen molar-refractivity contribution in [2.45, 2.75) is 12.3 Å². The van der Waals surface area contributed by atoms with E-state index in [2.05, 4.69) is 0 Å². The molecule has 0 amide bonds. The normalized spacial score (nSPS) is 15.8. The van der Waals surface area contributed by atoms with Crippen LogP contribution in [-0.4, -0.2) is 35.9 Å². The van der Waals surface area contributed by atoms with Crippen LogP contribution in [0.2, 0.25) is 0 Å². The number of hydrogen-bond donors (Lipinski definition) is 3. The third kappa shape index (κ3) is 2.19. The molecule has 1 aromatic carbocycles. The van der Waals surface area contributed by atoms with Crippen LogP contribution in [0.4, 0.5) is 0 Å². The highest BCUT2D eigenvalue weighted by Crippen LogP contribution is 2.42. The molecule has 18 heavy (non-hydrogen) atoms. The summed E-state index contributed by atoms with van der Waals surface area (Å²) in [4.78, 5) is 11.2. The van der Waals surface area contributed by atoms with Crippen molar-refractivity contribution in [3.05, 3.63) is 17.7 Å². The Hall–Kier alpha value is -1.95. The molecule has 6 nitrogen and oxygen atoms in total. The average Bonchev–Trinajstić information content (AvgIpc) is 2.57. The quantitative estimate of drug-likeness (QED) is 0.732. The number of benzene rings is 1. The first-order valence-electron chi connectivity index (χ1n) is 5.69. The van der Waals surface area contributed by atoms with Crippen molar-refractivity contribution >= 4 is 5.97 Å². The number of aliphatic carboxylic acids is 1. The van der Waals surface area contributed by atoms with Gasteiger partial charge in [0.2, 0.25) is 0 Å². The Balaban J connectivity index is 2.53. The van der Waals surface area contributed by atoms with Gasteiger partial charge in [0.25, 0.3) is 0 Å². The van der Waals surface area contributed by atoms with E-state index in [1.54, 1.807) is 6.07 Å². The van der Waals surface area contributed by atoms with Crippen molar-refractivity contribution in [3.8, 4) is 17.2 Å². The lowest BCUT2D eigenvalue weighted by Gasteiger charge is -2.18. The summed E-state index contributed by atoms with van der Waals surface area (Å²) in [5.74, 6) is -1.53. The third-order valence-corrected chi connectivity index (χ3v) is 2.81. The number of carboxylic acid groups (broad SMARTS) is 1. The van der Waals surface area contributed by atoms with E-state index in [1.165, 1.54) is 6.07 Å². The first kappa shape index (κ1) is 12.5. The fourth-order valence-electron chi connectivity index (χ4n) is 1.93. The van der Waals surface area contributed by atoms with Crippen LogP contribution in [0.5, 0.6) is 17.2 Å². The number of nitrogens with two attached hydrogens (primary N) is 1. The molecule has 0 aliphatic carbocycles.